The number of carbonyl (C=O) groups is 2. The second-order valence-electron chi connectivity index (χ2n) is 6.76. The van der Waals surface area contributed by atoms with Crippen molar-refractivity contribution in [3.05, 3.63) is 77.7 Å². The maximum atomic E-state index is 13.6. The van der Waals surface area contributed by atoms with Crippen molar-refractivity contribution in [2.24, 2.45) is 0 Å². The van der Waals surface area contributed by atoms with Crippen molar-refractivity contribution in [1.82, 2.24) is 0 Å². The summed E-state index contributed by atoms with van der Waals surface area (Å²) >= 11 is 0. The standard InChI is InChI=1S/C22H19F3N2O4/c1-13-5-3-6-16(11-13)31-14(2)20(28)27-18-9-8-15(12-17(18)22(23,24)25)26-21(29)19-7-4-10-30-19/h3-12,14H,1-2H3,(H,26,29)(H,27,28). The first-order chi connectivity index (χ1) is 14.6. The van der Waals surface area contributed by atoms with E-state index in [1.54, 1.807) is 18.2 Å². The second-order valence-corrected chi connectivity index (χ2v) is 6.76. The van der Waals surface area contributed by atoms with E-state index in [-0.39, 0.29) is 11.4 Å². The number of nitrogens with one attached hydrogen (secondary N) is 2. The van der Waals surface area contributed by atoms with Gasteiger partial charge >= 0.3 is 6.18 Å². The summed E-state index contributed by atoms with van der Waals surface area (Å²) < 4.78 is 51.1. The van der Waals surface area contributed by atoms with Gasteiger partial charge in [-0.15, -0.1) is 0 Å². The van der Waals surface area contributed by atoms with Gasteiger partial charge in [-0.25, -0.2) is 0 Å². The van der Waals surface area contributed by atoms with E-state index >= 15 is 0 Å². The van der Waals surface area contributed by atoms with Crippen LogP contribution in [-0.2, 0) is 11.0 Å². The first-order valence-corrected chi connectivity index (χ1v) is 9.24. The third kappa shape index (κ3) is 5.65. The van der Waals surface area contributed by atoms with E-state index < -0.39 is 35.3 Å². The number of ether oxygens (including phenoxy) is 1. The largest absolute Gasteiger partial charge is 0.481 e. The van der Waals surface area contributed by atoms with Gasteiger partial charge in [-0.3, -0.25) is 9.59 Å². The van der Waals surface area contributed by atoms with Crippen LogP contribution in [-0.4, -0.2) is 17.9 Å². The lowest BCUT2D eigenvalue weighted by Gasteiger charge is -2.18. The van der Waals surface area contributed by atoms with Crippen LogP contribution in [0.2, 0.25) is 0 Å². The van der Waals surface area contributed by atoms with E-state index in [9.17, 15) is 22.8 Å². The zero-order chi connectivity index (χ0) is 22.6. The number of furan rings is 1. The molecule has 6 nitrogen and oxygen atoms in total. The Labute approximate surface area is 176 Å². The molecule has 162 valence electrons. The van der Waals surface area contributed by atoms with Gasteiger partial charge in [-0.05, 0) is 61.9 Å². The number of hydrogen-bond acceptors (Lipinski definition) is 4. The second kappa shape index (κ2) is 8.95. The predicted molar refractivity (Wildman–Crippen MR) is 108 cm³/mol. The number of aryl methyl sites for hydroxylation is 1. The van der Waals surface area contributed by atoms with Crippen LogP contribution in [0.15, 0.2) is 65.3 Å². The molecule has 0 saturated carbocycles. The molecule has 2 N–H and O–H groups in total. The molecular formula is C22H19F3N2O4. The summed E-state index contributed by atoms with van der Waals surface area (Å²) in [4.78, 5) is 24.4. The molecule has 31 heavy (non-hydrogen) atoms. The third-order valence-corrected chi connectivity index (χ3v) is 4.26. The quantitative estimate of drug-likeness (QED) is 0.557. The normalized spacial score (nSPS) is 12.2. The van der Waals surface area contributed by atoms with Crippen LogP contribution in [0.5, 0.6) is 5.75 Å². The third-order valence-electron chi connectivity index (χ3n) is 4.26. The number of amides is 2. The van der Waals surface area contributed by atoms with Crippen molar-refractivity contribution in [2.75, 3.05) is 10.6 Å². The number of carbonyl (C=O) groups excluding carboxylic acids is 2. The molecule has 0 aliphatic heterocycles. The van der Waals surface area contributed by atoms with Gasteiger partial charge in [-0.2, -0.15) is 13.2 Å². The van der Waals surface area contributed by atoms with Gasteiger partial charge in [-0.1, -0.05) is 12.1 Å². The van der Waals surface area contributed by atoms with Crippen molar-refractivity contribution in [1.29, 1.82) is 0 Å². The van der Waals surface area contributed by atoms with Gasteiger partial charge in [0.25, 0.3) is 11.8 Å². The van der Waals surface area contributed by atoms with Crippen LogP contribution >= 0.6 is 0 Å². The Bertz CT molecular complexity index is 1080. The lowest BCUT2D eigenvalue weighted by Crippen LogP contribution is -2.31. The van der Waals surface area contributed by atoms with E-state index in [1.807, 2.05) is 13.0 Å². The van der Waals surface area contributed by atoms with E-state index in [2.05, 4.69) is 10.6 Å². The molecule has 3 rings (SSSR count). The van der Waals surface area contributed by atoms with Gasteiger partial charge < -0.3 is 19.8 Å². The highest BCUT2D eigenvalue weighted by Crippen LogP contribution is 2.37. The molecule has 1 heterocycles. The minimum absolute atomic E-state index is 0.0481. The number of benzene rings is 2. The van der Waals surface area contributed by atoms with Crippen LogP contribution in [0.4, 0.5) is 24.5 Å². The molecule has 0 radical (unpaired) electrons. The van der Waals surface area contributed by atoms with Crippen LogP contribution in [0.1, 0.15) is 28.6 Å². The lowest BCUT2D eigenvalue weighted by atomic mass is 10.1. The smallest absolute Gasteiger partial charge is 0.418 e. The average molecular weight is 432 g/mol. The Morgan fingerprint density at radius 3 is 2.45 bits per heavy atom. The highest BCUT2D eigenvalue weighted by atomic mass is 19.4. The first kappa shape index (κ1) is 21.9. The van der Waals surface area contributed by atoms with Crippen molar-refractivity contribution >= 4 is 23.2 Å². The topological polar surface area (TPSA) is 80.6 Å². The highest BCUT2D eigenvalue weighted by molar-refractivity contribution is 6.02. The minimum atomic E-state index is -4.77. The molecular weight excluding hydrogens is 413 g/mol. The Kier molecular flexibility index (Phi) is 6.33. The fraction of sp³-hybridized carbons (Fsp3) is 0.182. The molecule has 0 saturated heterocycles. The molecule has 1 atom stereocenters. The summed E-state index contributed by atoms with van der Waals surface area (Å²) in [5.41, 5.74) is -0.749. The van der Waals surface area contributed by atoms with Crippen LogP contribution in [0.25, 0.3) is 0 Å². The van der Waals surface area contributed by atoms with Crippen molar-refractivity contribution in [3.8, 4) is 5.75 Å². The first-order valence-electron chi connectivity index (χ1n) is 9.24. The zero-order valence-electron chi connectivity index (χ0n) is 16.6. The number of hydrogen-bond donors (Lipinski definition) is 2. The summed E-state index contributed by atoms with van der Waals surface area (Å²) in [6, 6.07) is 12.9. The molecule has 1 aromatic heterocycles. The van der Waals surface area contributed by atoms with Gasteiger partial charge in [0.15, 0.2) is 11.9 Å². The Balaban J connectivity index is 1.76. The minimum Gasteiger partial charge on any atom is -0.481 e. The van der Waals surface area contributed by atoms with Gasteiger partial charge in [0.2, 0.25) is 0 Å². The lowest BCUT2D eigenvalue weighted by molar-refractivity contribution is -0.137. The maximum Gasteiger partial charge on any atom is 0.418 e. The van der Waals surface area contributed by atoms with Crippen LogP contribution in [0.3, 0.4) is 0 Å². The molecule has 0 aliphatic carbocycles. The fourth-order valence-corrected chi connectivity index (χ4v) is 2.75. The average Bonchev–Trinajstić information content (AvgIpc) is 3.23. The summed E-state index contributed by atoms with van der Waals surface area (Å²) in [7, 11) is 0. The Morgan fingerprint density at radius 2 is 1.81 bits per heavy atom. The number of alkyl halides is 3. The van der Waals surface area contributed by atoms with Gasteiger partial charge in [0, 0.05) is 5.69 Å². The summed E-state index contributed by atoms with van der Waals surface area (Å²) in [5.74, 6) is -1.07. The van der Waals surface area contributed by atoms with Gasteiger partial charge in [0.1, 0.15) is 5.75 Å². The van der Waals surface area contributed by atoms with E-state index in [0.29, 0.717) is 5.75 Å². The molecule has 2 aromatic carbocycles. The zero-order valence-corrected chi connectivity index (χ0v) is 16.6. The van der Waals surface area contributed by atoms with Crippen molar-refractivity contribution in [3.63, 3.8) is 0 Å². The SMILES string of the molecule is Cc1cccc(OC(C)C(=O)Nc2ccc(NC(=O)c3ccco3)cc2C(F)(F)F)c1. The number of anilines is 2. The van der Waals surface area contributed by atoms with Crippen LogP contribution in [0, 0.1) is 6.92 Å². The molecule has 0 aliphatic rings. The van der Waals surface area contributed by atoms with Crippen molar-refractivity contribution < 1.29 is 31.9 Å². The molecule has 3 aromatic rings. The molecule has 0 bridgehead atoms. The summed E-state index contributed by atoms with van der Waals surface area (Å²) in [6.07, 6.45) is -4.54. The van der Waals surface area contributed by atoms with Crippen LogP contribution < -0.4 is 15.4 Å². The van der Waals surface area contributed by atoms with Crippen molar-refractivity contribution in [2.45, 2.75) is 26.1 Å². The molecule has 0 spiro atoms. The Morgan fingerprint density at radius 1 is 1.03 bits per heavy atom. The number of rotatable bonds is 6. The maximum absolute atomic E-state index is 13.6. The Hall–Kier alpha value is -3.75. The molecule has 1 unspecified atom stereocenters. The van der Waals surface area contributed by atoms with Gasteiger partial charge in [0.05, 0.1) is 17.5 Å². The monoisotopic (exact) mass is 432 g/mol. The van der Waals surface area contributed by atoms with E-state index in [1.165, 1.54) is 31.4 Å². The molecule has 9 heteroatoms. The molecule has 2 amide bonds. The van der Waals surface area contributed by atoms with E-state index in [4.69, 9.17) is 9.15 Å². The predicted octanol–water partition coefficient (Wildman–Crippen LogP) is 5.27. The highest BCUT2D eigenvalue weighted by Gasteiger charge is 2.35. The summed E-state index contributed by atoms with van der Waals surface area (Å²) in [5, 5.41) is 4.57. The fourth-order valence-electron chi connectivity index (χ4n) is 2.75. The number of halogens is 3. The molecule has 0 fully saturated rings. The van der Waals surface area contributed by atoms with E-state index in [0.717, 1.165) is 17.7 Å². The summed E-state index contributed by atoms with van der Waals surface area (Å²) in [6.45, 7) is 3.28.